The molecule has 0 unspecified atom stereocenters. The molecule has 4 aromatic rings. The van der Waals surface area contributed by atoms with Crippen LogP contribution in [-0.4, -0.2) is 11.1 Å². The van der Waals surface area contributed by atoms with E-state index in [1.165, 1.54) is 80.6 Å². The van der Waals surface area contributed by atoms with Crippen LogP contribution in [-0.2, 0) is 22.4 Å². The van der Waals surface area contributed by atoms with Crippen LogP contribution in [0.3, 0.4) is 0 Å². The van der Waals surface area contributed by atoms with Gasteiger partial charge in [0.05, 0.1) is 0 Å². The Morgan fingerprint density at radius 1 is 0.667 bits per heavy atom. The summed E-state index contributed by atoms with van der Waals surface area (Å²) in [6.45, 7) is 4.48. The lowest BCUT2D eigenvalue weighted by atomic mass is 10.0. The second-order valence-electron chi connectivity index (χ2n) is 11.7. The molecule has 248 valence electrons. The Morgan fingerprint density at radius 2 is 1.12 bits per heavy atom. The van der Waals surface area contributed by atoms with Gasteiger partial charge in [-0.25, -0.2) is 4.79 Å². The van der Waals surface area contributed by atoms with E-state index in [0.29, 0.717) is 17.1 Å². The number of rotatable bonds is 17. The topological polar surface area (TPSA) is 70.3 Å². The monoisotopic (exact) mass is 711 g/mol. The van der Waals surface area contributed by atoms with Gasteiger partial charge in [-0.05, 0) is 111 Å². The van der Waals surface area contributed by atoms with Gasteiger partial charge in [0, 0.05) is 44.6 Å². The van der Waals surface area contributed by atoms with Gasteiger partial charge in [0.15, 0.2) is 0 Å². The van der Waals surface area contributed by atoms with Gasteiger partial charge < -0.3 is 9.84 Å². The molecule has 5 heterocycles. The molecule has 0 amide bonds. The van der Waals surface area contributed by atoms with Crippen LogP contribution >= 0.6 is 45.3 Å². The Balaban J connectivity index is 1.27. The number of thiophene rings is 4. The summed E-state index contributed by atoms with van der Waals surface area (Å²) in [5.41, 5.74) is -0.0114. The number of aliphatic carboxylic acids is 1. The number of carboxylic acids is 1. The second kappa shape index (κ2) is 18.1. The first kappa shape index (κ1) is 35.6. The van der Waals surface area contributed by atoms with E-state index in [9.17, 15) is 15.2 Å². The number of unbranched alkanes of at least 4 members (excludes halogenated alkanes) is 6. The number of ether oxygens (including phenoxy) is 1. The van der Waals surface area contributed by atoms with Crippen LogP contribution in [0.15, 0.2) is 95.5 Å². The van der Waals surface area contributed by atoms with Crippen LogP contribution in [0.1, 0.15) is 84.7 Å². The number of nitrogens with zero attached hydrogens (tertiary/aromatic N) is 1. The Labute approximate surface area is 300 Å². The maximum Gasteiger partial charge on any atom is 0.347 e. The lowest BCUT2D eigenvalue weighted by Gasteiger charge is -2.14. The van der Waals surface area contributed by atoms with E-state index in [0.717, 1.165) is 22.6 Å². The van der Waals surface area contributed by atoms with Gasteiger partial charge in [-0.2, -0.15) is 5.26 Å². The summed E-state index contributed by atoms with van der Waals surface area (Å²) < 4.78 is 6.16. The summed E-state index contributed by atoms with van der Waals surface area (Å²) >= 11 is 7.15. The largest absolute Gasteiger partial charge is 0.477 e. The summed E-state index contributed by atoms with van der Waals surface area (Å²) in [5, 5.41) is 19.3. The molecule has 1 aliphatic rings. The average molecular weight is 712 g/mol. The molecule has 1 aliphatic heterocycles. The van der Waals surface area contributed by atoms with Crippen molar-refractivity contribution >= 4 is 63.5 Å². The van der Waals surface area contributed by atoms with E-state index in [4.69, 9.17) is 4.74 Å². The van der Waals surface area contributed by atoms with Gasteiger partial charge in [0.25, 0.3) is 0 Å². The van der Waals surface area contributed by atoms with Crippen molar-refractivity contribution in [3.05, 3.63) is 115 Å². The van der Waals surface area contributed by atoms with Gasteiger partial charge in [0.1, 0.15) is 23.2 Å². The minimum Gasteiger partial charge on any atom is -0.477 e. The fraction of sp³-hybridized carbons (Fsp3) is 0.300. The molecule has 48 heavy (non-hydrogen) atoms. The minimum absolute atomic E-state index is 0.310. The Kier molecular flexibility index (Phi) is 13.4. The first-order valence-electron chi connectivity index (χ1n) is 16.7. The third-order valence-corrected chi connectivity index (χ3v) is 12.7. The van der Waals surface area contributed by atoms with Crippen molar-refractivity contribution in [1.29, 1.82) is 5.26 Å². The van der Waals surface area contributed by atoms with Crippen LogP contribution in [0.25, 0.3) is 31.7 Å². The lowest BCUT2D eigenvalue weighted by Crippen LogP contribution is -2.05. The SMILES string of the molecule is CCCCCCc1ccc(-c2ccc(/C=C/C3=CC(=C(C#N)C(=O)O)C=C(/C=C/c4ccc(-c5ccc(CCCCCC)s5)s4)O3)s2)s1. The minimum atomic E-state index is -1.26. The fourth-order valence-corrected chi connectivity index (χ4v) is 9.41. The van der Waals surface area contributed by atoms with Crippen molar-refractivity contribution < 1.29 is 14.6 Å². The second-order valence-corrected chi connectivity index (χ2v) is 16.2. The van der Waals surface area contributed by atoms with Gasteiger partial charge in [-0.15, -0.1) is 45.3 Å². The number of carboxylic acid groups (broad SMARTS) is 1. The van der Waals surface area contributed by atoms with Crippen LogP contribution in [0.4, 0.5) is 0 Å². The van der Waals surface area contributed by atoms with Crippen molar-refractivity contribution in [3.63, 3.8) is 0 Å². The summed E-state index contributed by atoms with van der Waals surface area (Å²) in [6.07, 6.45) is 23.2. The molecule has 0 aliphatic carbocycles. The Bertz CT molecular complexity index is 1760. The van der Waals surface area contributed by atoms with Gasteiger partial charge >= 0.3 is 5.97 Å². The fourth-order valence-electron chi connectivity index (χ4n) is 5.31. The lowest BCUT2D eigenvalue weighted by molar-refractivity contribution is -0.132. The molecule has 0 spiro atoms. The Morgan fingerprint density at radius 3 is 1.56 bits per heavy atom. The zero-order valence-electron chi connectivity index (χ0n) is 27.5. The molecular weight excluding hydrogens is 671 g/mol. The predicted octanol–water partition coefficient (Wildman–Crippen LogP) is 12.9. The molecule has 0 saturated carbocycles. The van der Waals surface area contributed by atoms with E-state index in [1.807, 2.05) is 53.0 Å². The van der Waals surface area contributed by atoms with Gasteiger partial charge in [-0.3, -0.25) is 0 Å². The third-order valence-electron chi connectivity index (χ3n) is 7.89. The molecule has 4 aromatic heterocycles. The standard InChI is InChI=1S/C40H41NO3S4/c1-3-5-7-9-11-31-17-21-36(45-31)38-23-19-33(47-38)15-13-29-25-28(35(27-41)40(42)43)26-30(44-29)14-16-34-20-24-39(48-34)37-22-18-32(46-37)12-10-8-6-4-2/h13-26H,3-12H2,1-2H3,(H,42,43)/b15-13+,16-14+. The van der Waals surface area contributed by atoms with Crippen LogP contribution in [0, 0.1) is 11.3 Å². The molecule has 5 rings (SSSR count). The summed E-state index contributed by atoms with van der Waals surface area (Å²) in [6, 6.07) is 19.2. The van der Waals surface area contributed by atoms with Gasteiger partial charge in [-0.1, -0.05) is 52.4 Å². The molecule has 4 nitrogen and oxygen atoms in total. The Hall–Kier alpha value is -3.74. The van der Waals surface area contributed by atoms with Crippen LogP contribution in [0.2, 0.25) is 0 Å². The average Bonchev–Trinajstić information content (AvgIpc) is 3.91. The van der Waals surface area contributed by atoms with Gasteiger partial charge in [0.2, 0.25) is 0 Å². The van der Waals surface area contributed by atoms with Crippen molar-refractivity contribution in [2.45, 2.75) is 78.1 Å². The predicted molar refractivity (Wildman–Crippen MR) is 207 cm³/mol. The highest BCUT2D eigenvalue weighted by Crippen LogP contribution is 2.37. The first-order valence-corrected chi connectivity index (χ1v) is 19.9. The molecule has 0 saturated heterocycles. The van der Waals surface area contributed by atoms with Crippen molar-refractivity contribution in [3.8, 4) is 25.6 Å². The molecule has 1 N–H and O–H groups in total. The summed E-state index contributed by atoms with van der Waals surface area (Å²) in [4.78, 5) is 21.8. The number of carbonyl (C=O) groups is 1. The highest BCUT2D eigenvalue weighted by atomic mass is 32.1. The van der Waals surface area contributed by atoms with Crippen LogP contribution < -0.4 is 0 Å². The maximum atomic E-state index is 11.8. The maximum absolute atomic E-state index is 11.8. The zero-order valence-corrected chi connectivity index (χ0v) is 30.8. The quantitative estimate of drug-likeness (QED) is 0.0672. The normalized spacial score (nSPS) is 13.1. The summed E-state index contributed by atoms with van der Waals surface area (Å²) in [5.74, 6) is -0.322. The first-order chi connectivity index (χ1) is 23.4. The number of aryl methyl sites for hydroxylation is 2. The van der Waals surface area contributed by atoms with Crippen molar-refractivity contribution in [1.82, 2.24) is 0 Å². The number of nitriles is 1. The van der Waals surface area contributed by atoms with E-state index in [1.54, 1.807) is 34.8 Å². The van der Waals surface area contributed by atoms with Crippen molar-refractivity contribution in [2.75, 3.05) is 0 Å². The smallest absolute Gasteiger partial charge is 0.347 e. The highest BCUT2D eigenvalue weighted by Gasteiger charge is 2.17. The van der Waals surface area contributed by atoms with E-state index in [2.05, 4.69) is 62.4 Å². The molecule has 0 atom stereocenters. The number of allylic oxidation sites excluding steroid dienone is 5. The van der Waals surface area contributed by atoms with Crippen LogP contribution in [0.5, 0.6) is 0 Å². The molecule has 8 heteroatoms. The van der Waals surface area contributed by atoms with E-state index in [-0.39, 0.29) is 5.57 Å². The number of hydrogen-bond acceptors (Lipinski definition) is 7. The molecule has 0 radical (unpaired) electrons. The molecule has 0 fully saturated rings. The summed E-state index contributed by atoms with van der Waals surface area (Å²) in [7, 11) is 0. The number of hydrogen-bond donors (Lipinski definition) is 1. The third kappa shape index (κ3) is 10.1. The van der Waals surface area contributed by atoms with E-state index < -0.39 is 5.97 Å². The zero-order chi connectivity index (χ0) is 33.7. The molecule has 0 aromatic carbocycles. The highest BCUT2D eigenvalue weighted by molar-refractivity contribution is 7.23. The molecular formula is C40H41NO3S4. The molecule has 0 bridgehead atoms. The van der Waals surface area contributed by atoms with Crippen molar-refractivity contribution in [2.24, 2.45) is 0 Å². The van der Waals surface area contributed by atoms with E-state index >= 15 is 0 Å².